The van der Waals surface area contributed by atoms with Crippen molar-refractivity contribution in [2.24, 2.45) is 0 Å². The standard InChI is InChI=1S/C15H12ClNO4/c16-12-5-1-11(2-6-12)15-20-9-14(21-15)10-3-7-13(8-4-10)17(18)19/h1-8,14-15H,9H2. The van der Waals surface area contributed by atoms with Crippen molar-refractivity contribution in [3.8, 4) is 0 Å². The molecule has 0 amide bonds. The van der Waals surface area contributed by atoms with Crippen LogP contribution in [0.3, 0.4) is 0 Å². The first-order chi connectivity index (χ1) is 10.1. The zero-order valence-corrected chi connectivity index (χ0v) is 11.7. The van der Waals surface area contributed by atoms with Crippen molar-refractivity contribution in [1.82, 2.24) is 0 Å². The fraction of sp³-hybridized carbons (Fsp3) is 0.200. The van der Waals surface area contributed by atoms with Gasteiger partial charge in [0.05, 0.1) is 11.5 Å². The first kappa shape index (κ1) is 14.0. The van der Waals surface area contributed by atoms with Crippen LogP contribution in [0.15, 0.2) is 48.5 Å². The van der Waals surface area contributed by atoms with Crippen LogP contribution in [0.5, 0.6) is 0 Å². The summed E-state index contributed by atoms with van der Waals surface area (Å²) in [7, 11) is 0. The fourth-order valence-corrected chi connectivity index (χ4v) is 2.31. The van der Waals surface area contributed by atoms with Gasteiger partial charge in [-0.15, -0.1) is 0 Å². The Labute approximate surface area is 126 Å². The van der Waals surface area contributed by atoms with Crippen LogP contribution in [-0.4, -0.2) is 11.5 Å². The quantitative estimate of drug-likeness (QED) is 0.634. The Bertz CT molecular complexity index is 642. The lowest BCUT2D eigenvalue weighted by Gasteiger charge is -2.12. The second-order valence-electron chi connectivity index (χ2n) is 4.69. The van der Waals surface area contributed by atoms with Crippen LogP contribution < -0.4 is 0 Å². The van der Waals surface area contributed by atoms with Crippen LogP contribution in [0.2, 0.25) is 5.02 Å². The predicted molar refractivity (Wildman–Crippen MR) is 77.1 cm³/mol. The Morgan fingerprint density at radius 1 is 1.05 bits per heavy atom. The minimum Gasteiger partial charge on any atom is -0.345 e. The van der Waals surface area contributed by atoms with E-state index in [-0.39, 0.29) is 11.8 Å². The van der Waals surface area contributed by atoms with Gasteiger partial charge in [-0.05, 0) is 29.8 Å². The van der Waals surface area contributed by atoms with Gasteiger partial charge in [-0.2, -0.15) is 0 Å². The number of rotatable bonds is 3. The van der Waals surface area contributed by atoms with Gasteiger partial charge in [0.1, 0.15) is 6.10 Å². The van der Waals surface area contributed by atoms with E-state index in [0.29, 0.717) is 11.6 Å². The van der Waals surface area contributed by atoms with Crippen molar-refractivity contribution in [2.75, 3.05) is 6.61 Å². The van der Waals surface area contributed by atoms with Gasteiger partial charge in [0, 0.05) is 22.7 Å². The number of nitrogens with zero attached hydrogens (tertiary/aromatic N) is 1. The molecule has 1 fully saturated rings. The zero-order valence-electron chi connectivity index (χ0n) is 10.9. The molecule has 1 saturated heterocycles. The Hall–Kier alpha value is -1.95. The van der Waals surface area contributed by atoms with Gasteiger partial charge in [0.25, 0.3) is 5.69 Å². The number of ether oxygens (including phenoxy) is 2. The Morgan fingerprint density at radius 3 is 2.29 bits per heavy atom. The Morgan fingerprint density at radius 2 is 1.67 bits per heavy atom. The summed E-state index contributed by atoms with van der Waals surface area (Å²) in [6, 6.07) is 13.6. The Kier molecular flexibility index (Phi) is 3.88. The molecule has 0 aliphatic carbocycles. The summed E-state index contributed by atoms with van der Waals surface area (Å²) in [6.45, 7) is 0.408. The molecule has 5 nitrogen and oxygen atoms in total. The lowest BCUT2D eigenvalue weighted by Crippen LogP contribution is -2.01. The van der Waals surface area contributed by atoms with E-state index < -0.39 is 11.2 Å². The van der Waals surface area contributed by atoms with E-state index in [2.05, 4.69) is 0 Å². The number of benzene rings is 2. The van der Waals surface area contributed by atoms with Crippen molar-refractivity contribution >= 4 is 17.3 Å². The van der Waals surface area contributed by atoms with Gasteiger partial charge < -0.3 is 9.47 Å². The molecule has 2 unspecified atom stereocenters. The van der Waals surface area contributed by atoms with Crippen LogP contribution in [0.1, 0.15) is 23.5 Å². The predicted octanol–water partition coefficient (Wildman–Crippen LogP) is 4.03. The average molecular weight is 306 g/mol. The minimum atomic E-state index is -0.442. The summed E-state index contributed by atoms with van der Waals surface area (Å²) in [5.41, 5.74) is 1.81. The smallest absolute Gasteiger partial charge is 0.269 e. The van der Waals surface area contributed by atoms with E-state index in [1.54, 1.807) is 24.3 Å². The van der Waals surface area contributed by atoms with Gasteiger partial charge >= 0.3 is 0 Å². The summed E-state index contributed by atoms with van der Waals surface area (Å²) >= 11 is 5.85. The third kappa shape index (κ3) is 3.05. The molecule has 108 valence electrons. The van der Waals surface area contributed by atoms with Crippen LogP contribution in [0, 0.1) is 10.1 Å². The van der Waals surface area contributed by atoms with Crippen molar-refractivity contribution in [3.05, 3.63) is 74.8 Å². The topological polar surface area (TPSA) is 61.6 Å². The summed E-state index contributed by atoms with van der Waals surface area (Å²) in [6.07, 6.45) is -0.672. The van der Waals surface area contributed by atoms with Crippen LogP contribution in [0.4, 0.5) is 5.69 Å². The molecule has 0 spiro atoms. The molecule has 1 heterocycles. The van der Waals surface area contributed by atoms with Crippen molar-refractivity contribution < 1.29 is 14.4 Å². The highest BCUT2D eigenvalue weighted by molar-refractivity contribution is 6.30. The van der Waals surface area contributed by atoms with Crippen LogP contribution in [-0.2, 0) is 9.47 Å². The number of hydrogen-bond acceptors (Lipinski definition) is 4. The lowest BCUT2D eigenvalue weighted by atomic mass is 10.1. The third-order valence-electron chi connectivity index (χ3n) is 3.30. The van der Waals surface area contributed by atoms with E-state index in [0.717, 1.165) is 11.1 Å². The first-order valence-corrected chi connectivity index (χ1v) is 6.78. The molecular weight excluding hydrogens is 294 g/mol. The maximum absolute atomic E-state index is 10.6. The SMILES string of the molecule is O=[N+]([O-])c1ccc(C2COC(c3ccc(Cl)cc3)O2)cc1. The molecule has 21 heavy (non-hydrogen) atoms. The molecular formula is C15H12ClNO4. The zero-order chi connectivity index (χ0) is 14.8. The Balaban J connectivity index is 1.71. The van der Waals surface area contributed by atoms with Gasteiger partial charge in [-0.3, -0.25) is 10.1 Å². The molecule has 2 aromatic carbocycles. The van der Waals surface area contributed by atoms with Crippen LogP contribution in [0.25, 0.3) is 0 Å². The lowest BCUT2D eigenvalue weighted by molar-refractivity contribution is -0.384. The molecule has 0 radical (unpaired) electrons. The number of nitro benzene ring substituents is 1. The third-order valence-corrected chi connectivity index (χ3v) is 3.56. The molecule has 0 N–H and O–H groups in total. The number of halogens is 1. The molecule has 0 bridgehead atoms. The summed E-state index contributed by atoms with van der Waals surface area (Å²) < 4.78 is 11.5. The normalized spacial score (nSPS) is 21.4. The molecule has 0 saturated carbocycles. The van der Waals surface area contributed by atoms with Crippen molar-refractivity contribution in [1.29, 1.82) is 0 Å². The average Bonchev–Trinajstić information content (AvgIpc) is 2.98. The number of nitro groups is 1. The van der Waals surface area contributed by atoms with E-state index >= 15 is 0 Å². The van der Waals surface area contributed by atoms with E-state index in [1.165, 1.54) is 12.1 Å². The summed E-state index contributed by atoms with van der Waals surface area (Å²) in [5, 5.41) is 11.3. The van der Waals surface area contributed by atoms with E-state index in [9.17, 15) is 10.1 Å². The molecule has 1 aliphatic rings. The molecule has 0 aromatic heterocycles. The van der Waals surface area contributed by atoms with E-state index in [1.807, 2.05) is 12.1 Å². The maximum atomic E-state index is 10.6. The second kappa shape index (κ2) is 5.81. The minimum absolute atomic E-state index is 0.0620. The molecule has 2 atom stereocenters. The number of non-ortho nitro benzene ring substituents is 1. The maximum Gasteiger partial charge on any atom is 0.269 e. The molecule has 1 aliphatic heterocycles. The highest BCUT2D eigenvalue weighted by Gasteiger charge is 2.28. The monoisotopic (exact) mass is 305 g/mol. The van der Waals surface area contributed by atoms with E-state index in [4.69, 9.17) is 21.1 Å². The molecule has 3 rings (SSSR count). The largest absolute Gasteiger partial charge is 0.345 e. The highest BCUT2D eigenvalue weighted by Crippen LogP contribution is 2.35. The van der Waals surface area contributed by atoms with Gasteiger partial charge in [-0.1, -0.05) is 23.7 Å². The first-order valence-electron chi connectivity index (χ1n) is 6.40. The summed E-state index contributed by atoms with van der Waals surface area (Å²) in [5.74, 6) is 0. The van der Waals surface area contributed by atoms with Gasteiger partial charge in [0.2, 0.25) is 0 Å². The molecule has 6 heteroatoms. The fourth-order valence-electron chi connectivity index (χ4n) is 2.18. The second-order valence-corrected chi connectivity index (χ2v) is 5.13. The number of hydrogen-bond donors (Lipinski definition) is 0. The van der Waals surface area contributed by atoms with Crippen LogP contribution >= 0.6 is 11.6 Å². The summed E-state index contributed by atoms with van der Waals surface area (Å²) in [4.78, 5) is 10.2. The molecule has 2 aromatic rings. The van der Waals surface area contributed by atoms with Gasteiger partial charge in [-0.25, -0.2) is 0 Å². The van der Waals surface area contributed by atoms with Crippen molar-refractivity contribution in [2.45, 2.75) is 12.4 Å². The van der Waals surface area contributed by atoms with Crippen molar-refractivity contribution in [3.63, 3.8) is 0 Å². The highest BCUT2D eigenvalue weighted by atomic mass is 35.5. The van der Waals surface area contributed by atoms with Gasteiger partial charge in [0.15, 0.2) is 6.29 Å².